The Kier molecular flexibility index (Phi) is 3.03. The standard InChI is InChI=1S/C9H11N5O3/c15-8-2-1-7(5-11-8)6-13-4-3-10-9(13)12-14(16)17/h1-2,5H,3-4,6H2,(H,10,12)(H,11,15). The fourth-order valence-corrected chi connectivity index (χ4v) is 1.61. The average molecular weight is 237 g/mol. The maximum absolute atomic E-state index is 10.9. The first-order valence-corrected chi connectivity index (χ1v) is 5.04. The molecule has 17 heavy (non-hydrogen) atoms. The number of H-pyrrole nitrogens is 1. The van der Waals surface area contributed by atoms with Gasteiger partial charge >= 0.3 is 0 Å². The van der Waals surface area contributed by atoms with Gasteiger partial charge in [-0.05, 0) is 5.56 Å². The summed E-state index contributed by atoms with van der Waals surface area (Å²) in [6.45, 7) is 1.73. The van der Waals surface area contributed by atoms with Crippen molar-refractivity contribution in [1.29, 1.82) is 0 Å². The minimum atomic E-state index is -0.729. The molecule has 0 spiro atoms. The van der Waals surface area contributed by atoms with Gasteiger partial charge in [0.2, 0.25) is 5.56 Å². The number of hydrazone groups is 1. The average Bonchev–Trinajstić information content (AvgIpc) is 2.68. The molecule has 0 radical (unpaired) electrons. The third kappa shape index (κ3) is 2.80. The number of nitrogens with zero attached hydrogens (tertiary/aromatic N) is 3. The number of hydrogen-bond donors (Lipinski definition) is 2. The summed E-state index contributed by atoms with van der Waals surface area (Å²) in [5.41, 5.74) is 0.692. The van der Waals surface area contributed by atoms with Gasteiger partial charge in [-0.25, -0.2) is 10.1 Å². The van der Waals surface area contributed by atoms with Crippen LogP contribution in [0.3, 0.4) is 0 Å². The van der Waals surface area contributed by atoms with Gasteiger partial charge in [0.15, 0.2) is 5.03 Å². The topological polar surface area (TPSA) is 104 Å². The number of nitrogens with one attached hydrogen (secondary N) is 2. The Bertz CT molecular complexity index is 489. The fourth-order valence-electron chi connectivity index (χ4n) is 1.61. The second kappa shape index (κ2) is 4.64. The number of pyridine rings is 1. The van der Waals surface area contributed by atoms with Gasteiger partial charge in [0.05, 0.1) is 0 Å². The van der Waals surface area contributed by atoms with Crippen molar-refractivity contribution in [2.24, 2.45) is 5.10 Å². The lowest BCUT2D eigenvalue weighted by atomic mass is 10.3. The summed E-state index contributed by atoms with van der Waals surface area (Å²) in [7, 11) is 0. The van der Waals surface area contributed by atoms with Crippen molar-refractivity contribution in [3.05, 3.63) is 44.4 Å². The van der Waals surface area contributed by atoms with E-state index in [-0.39, 0.29) is 11.5 Å². The molecule has 0 aliphatic carbocycles. The molecule has 1 fully saturated rings. The van der Waals surface area contributed by atoms with Gasteiger partial charge in [0, 0.05) is 31.9 Å². The highest BCUT2D eigenvalue weighted by atomic mass is 16.7. The Morgan fingerprint density at radius 2 is 2.35 bits per heavy atom. The second-order valence-electron chi connectivity index (χ2n) is 3.57. The third-order valence-electron chi connectivity index (χ3n) is 2.36. The molecule has 0 amide bonds. The van der Waals surface area contributed by atoms with Crippen LogP contribution in [0.15, 0.2) is 28.2 Å². The normalized spacial score (nSPS) is 17.2. The summed E-state index contributed by atoms with van der Waals surface area (Å²) in [5, 5.41) is 15.7. The lowest BCUT2D eigenvalue weighted by molar-refractivity contribution is -0.485. The van der Waals surface area contributed by atoms with Gasteiger partial charge in [0.1, 0.15) is 5.10 Å². The summed E-state index contributed by atoms with van der Waals surface area (Å²) < 4.78 is 0. The predicted octanol–water partition coefficient (Wildman–Crippen LogP) is -0.672. The lowest BCUT2D eigenvalue weighted by Gasteiger charge is -2.14. The number of aromatic nitrogens is 1. The van der Waals surface area contributed by atoms with E-state index in [1.165, 1.54) is 6.07 Å². The molecule has 2 rings (SSSR count). The number of guanidine groups is 1. The first-order chi connectivity index (χ1) is 8.15. The maximum atomic E-state index is 10.9. The van der Waals surface area contributed by atoms with E-state index in [1.807, 2.05) is 0 Å². The Balaban J connectivity index is 2.10. The molecule has 1 saturated heterocycles. The van der Waals surface area contributed by atoms with Crippen LogP contribution >= 0.6 is 0 Å². The lowest BCUT2D eigenvalue weighted by Crippen LogP contribution is -2.30. The van der Waals surface area contributed by atoms with Crippen molar-refractivity contribution >= 4 is 5.96 Å². The van der Waals surface area contributed by atoms with Crippen LogP contribution in [0.25, 0.3) is 0 Å². The van der Waals surface area contributed by atoms with Crippen LogP contribution in [-0.2, 0) is 6.54 Å². The molecule has 8 heteroatoms. The Morgan fingerprint density at radius 1 is 1.53 bits per heavy atom. The molecule has 0 atom stereocenters. The van der Waals surface area contributed by atoms with Gasteiger partial charge < -0.3 is 15.2 Å². The van der Waals surface area contributed by atoms with Crippen LogP contribution in [-0.4, -0.2) is 34.0 Å². The van der Waals surface area contributed by atoms with E-state index >= 15 is 0 Å². The van der Waals surface area contributed by atoms with Crippen molar-refractivity contribution in [2.45, 2.75) is 6.54 Å². The van der Waals surface area contributed by atoms with Crippen LogP contribution in [0.5, 0.6) is 0 Å². The van der Waals surface area contributed by atoms with Gasteiger partial charge in [-0.3, -0.25) is 4.79 Å². The first kappa shape index (κ1) is 11.1. The Hall–Kier alpha value is -2.38. The van der Waals surface area contributed by atoms with Crippen molar-refractivity contribution < 1.29 is 5.03 Å². The number of rotatable bonds is 3. The van der Waals surface area contributed by atoms with Crippen LogP contribution in [0.4, 0.5) is 0 Å². The molecule has 2 heterocycles. The first-order valence-electron chi connectivity index (χ1n) is 5.04. The molecule has 0 aromatic carbocycles. The van der Waals surface area contributed by atoms with Gasteiger partial charge in [0.25, 0.3) is 5.96 Å². The van der Waals surface area contributed by atoms with E-state index < -0.39 is 5.03 Å². The zero-order valence-electron chi connectivity index (χ0n) is 8.92. The summed E-state index contributed by atoms with van der Waals surface area (Å²) >= 11 is 0. The smallest absolute Gasteiger partial charge is 0.271 e. The molecule has 8 nitrogen and oxygen atoms in total. The van der Waals surface area contributed by atoms with E-state index in [9.17, 15) is 14.9 Å². The summed E-state index contributed by atoms with van der Waals surface area (Å²) in [6, 6.07) is 3.10. The van der Waals surface area contributed by atoms with E-state index in [1.54, 1.807) is 17.2 Å². The molecule has 1 aliphatic rings. The largest absolute Gasteiger partial charge is 0.349 e. The van der Waals surface area contributed by atoms with Crippen molar-refractivity contribution in [1.82, 2.24) is 15.2 Å². The van der Waals surface area contributed by atoms with Gasteiger partial charge in [-0.1, -0.05) is 6.07 Å². The highest BCUT2D eigenvalue weighted by molar-refractivity contribution is 5.81. The summed E-state index contributed by atoms with van der Waals surface area (Å²) in [6.07, 6.45) is 1.59. The molecule has 1 aromatic heterocycles. The number of hydrogen-bond acceptors (Lipinski definition) is 3. The van der Waals surface area contributed by atoms with Crippen LogP contribution < -0.4 is 10.9 Å². The molecule has 90 valence electrons. The second-order valence-corrected chi connectivity index (χ2v) is 3.57. The monoisotopic (exact) mass is 237 g/mol. The molecule has 0 saturated carbocycles. The molecule has 2 N–H and O–H groups in total. The van der Waals surface area contributed by atoms with Gasteiger partial charge in [-0.15, -0.1) is 0 Å². The predicted molar refractivity (Wildman–Crippen MR) is 59.9 cm³/mol. The summed E-state index contributed by atoms with van der Waals surface area (Å²) in [4.78, 5) is 25.5. The Labute approximate surface area is 96.1 Å². The van der Waals surface area contributed by atoms with E-state index in [0.717, 1.165) is 5.56 Å². The SMILES string of the molecule is O=c1ccc(CN2CCN/C2=N\[N+](=O)[O-])c[nH]1. The summed E-state index contributed by atoms with van der Waals surface area (Å²) in [5.74, 6) is 0.251. The van der Waals surface area contributed by atoms with Crippen molar-refractivity contribution in [3.8, 4) is 0 Å². The highest BCUT2D eigenvalue weighted by Gasteiger charge is 2.21. The zero-order valence-corrected chi connectivity index (χ0v) is 8.92. The molecule has 0 unspecified atom stereocenters. The van der Waals surface area contributed by atoms with E-state index in [2.05, 4.69) is 15.4 Å². The number of nitro groups is 1. The minimum Gasteiger partial charge on any atom is -0.349 e. The maximum Gasteiger partial charge on any atom is 0.271 e. The molecule has 1 aromatic rings. The number of aromatic amines is 1. The third-order valence-corrected chi connectivity index (χ3v) is 2.36. The minimum absolute atomic E-state index is 0.174. The van der Waals surface area contributed by atoms with Crippen molar-refractivity contribution in [3.63, 3.8) is 0 Å². The molecular formula is C9H11N5O3. The molecular weight excluding hydrogens is 226 g/mol. The molecule has 1 aliphatic heterocycles. The van der Waals surface area contributed by atoms with Crippen LogP contribution in [0.1, 0.15) is 5.56 Å². The highest BCUT2D eigenvalue weighted by Crippen LogP contribution is 2.05. The fraction of sp³-hybridized carbons (Fsp3) is 0.333. The Morgan fingerprint density at radius 3 is 3.00 bits per heavy atom. The van der Waals surface area contributed by atoms with Gasteiger partial charge in [-0.2, -0.15) is 0 Å². The van der Waals surface area contributed by atoms with Crippen LogP contribution in [0.2, 0.25) is 0 Å². The van der Waals surface area contributed by atoms with E-state index in [0.29, 0.717) is 19.6 Å². The van der Waals surface area contributed by atoms with Crippen molar-refractivity contribution in [2.75, 3.05) is 13.1 Å². The molecule has 0 bridgehead atoms. The quantitative estimate of drug-likeness (QED) is 0.536. The zero-order chi connectivity index (χ0) is 12.3. The van der Waals surface area contributed by atoms with Crippen LogP contribution in [0, 0.1) is 10.1 Å². The van der Waals surface area contributed by atoms with E-state index in [4.69, 9.17) is 0 Å².